The smallest absolute Gasteiger partial charge is 0.164 e. The normalized spacial score (nSPS) is 11.9. The van der Waals surface area contributed by atoms with Gasteiger partial charge in [-0.2, -0.15) is 0 Å². The van der Waals surface area contributed by atoms with Crippen LogP contribution in [-0.2, 0) is 10.8 Å². The Bertz CT molecular complexity index is 3370. The lowest BCUT2D eigenvalue weighted by atomic mass is 9.81. The van der Waals surface area contributed by atoms with Crippen molar-refractivity contribution < 1.29 is 0 Å². The Morgan fingerprint density at radius 1 is 0.268 bits per heavy atom. The minimum atomic E-state index is -0.123. The molecule has 0 fully saturated rings. The molecule has 8 aromatic carbocycles. The Hall–Kier alpha value is -8.55. The summed E-state index contributed by atoms with van der Waals surface area (Å²) in [5.74, 6) is 3.78. The van der Waals surface area contributed by atoms with Crippen LogP contribution in [0.1, 0.15) is 58.2 Å². The van der Waals surface area contributed by atoms with Crippen molar-refractivity contribution in [2.24, 2.45) is 0 Å². The number of pyridine rings is 1. The molecule has 0 aliphatic rings. The number of nitrogens with zero attached hydrogens (tertiary/aromatic N) is 7. The highest BCUT2D eigenvalue weighted by Gasteiger charge is 2.24. The molecule has 0 saturated heterocycles. The van der Waals surface area contributed by atoms with Crippen LogP contribution in [0.2, 0.25) is 0 Å². The first-order chi connectivity index (χ1) is 34.3. The van der Waals surface area contributed by atoms with Gasteiger partial charge in [-0.25, -0.2) is 34.9 Å². The highest BCUT2D eigenvalue weighted by Crippen LogP contribution is 2.43. The fourth-order valence-corrected chi connectivity index (χ4v) is 9.27. The summed E-state index contributed by atoms with van der Waals surface area (Å²) in [6.07, 6.45) is 0. The molecule has 3 aromatic heterocycles. The number of hydrogen-bond donors (Lipinski definition) is 0. The van der Waals surface area contributed by atoms with E-state index >= 15 is 0 Å². The van der Waals surface area contributed by atoms with E-state index in [0.717, 1.165) is 77.4 Å². The topological polar surface area (TPSA) is 90.2 Å². The maximum absolute atomic E-state index is 5.59. The van der Waals surface area contributed by atoms with Crippen LogP contribution in [0.3, 0.4) is 0 Å². The average Bonchev–Trinajstić information content (AvgIpc) is 3.40. The maximum atomic E-state index is 5.59. The number of aromatic nitrogens is 7. The molecule has 71 heavy (non-hydrogen) atoms. The summed E-state index contributed by atoms with van der Waals surface area (Å²) in [7, 11) is 0. The summed E-state index contributed by atoms with van der Waals surface area (Å²) in [5.41, 5.74) is 15.4. The van der Waals surface area contributed by atoms with Crippen molar-refractivity contribution in [3.63, 3.8) is 0 Å². The Morgan fingerprint density at radius 2 is 0.507 bits per heavy atom. The van der Waals surface area contributed by atoms with Gasteiger partial charge in [0.25, 0.3) is 0 Å². The van der Waals surface area contributed by atoms with Gasteiger partial charge in [0.1, 0.15) is 0 Å². The van der Waals surface area contributed by atoms with E-state index in [1.807, 2.05) is 121 Å². The third kappa shape index (κ3) is 8.99. The molecule has 0 amide bonds. The van der Waals surface area contributed by atoms with Gasteiger partial charge >= 0.3 is 0 Å². The highest BCUT2D eigenvalue weighted by molar-refractivity contribution is 6.10. The Morgan fingerprint density at radius 3 is 0.761 bits per heavy atom. The summed E-state index contributed by atoms with van der Waals surface area (Å²) in [5, 5.41) is 2.26. The molecule has 0 aliphatic heterocycles. The van der Waals surface area contributed by atoms with Crippen LogP contribution in [0.4, 0.5) is 0 Å². The molecule has 7 heteroatoms. The van der Waals surface area contributed by atoms with Gasteiger partial charge in [-0.1, -0.05) is 211 Å². The maximum Gasteiger partial charge on any atom is 0.164 e. The minimum Gasteiger partial charge on any atom is -0.248 e. The lowest BCUT2D eigenvalue weighted by molar-refractivity contribution is 0.591. The molecule has 0 radical (unpaired) electrons. The molecule has 0 aliphatic carbocycles. The second-order valence-corrected chi connectivity index (χ2v) is 20.3. The molecule has 3 heterocycles. The van der Waals surface area contributed by atoms with Gasteiger partial charge in [0, 0.05) is 44.2 Å². The van der Waals surface area contributed by atoms with Crippen molar-refractivity contribution in [1.82, 2.24) is 34.9 Å². The van der Waals surface area contributed by atoms with Gasteiger partial charge in [0.2, 0.25) is 0 Å². The van der Waals surface area contributed by atoms with Gasteiger partial charge in [0.05, 0.1) is 11.0 Å². The Kier molecular flexibility index (Phi) is 11.4. The molecular formula is C64H53N7. The summed E-state index contributed by atoms with van der Waals surface area (Å²) in [6.45, 7) is 15.9. The lowest BCUT2D eigenvalue weighted by Gasteiger charge is -2.25. The van der Waals surface area contributed by atoms with Crippen molar-refractivity contribution in [1.29, 1.82) is 0 Å². The summed E-state index contributed by atoms with van der Waals surface area (Å²) in [6, 6.07) is 67.0. The van der Waals surface area contributed by atoms with Gasteiger partial charge < -0.3 is 0 Å². The van der Waals surface area contributed by atoms with Gasteiger partial charge in [-0.05, 0) is 81.0 Å². The first kappa shape index (κ1) is 44.9. The molecular weight excluding hydrogens is 867 g/mol. The molecule has 0 atom stereocenters. The predicted octanol–water partition coefficient (Wildman–Crippen LogP) is 16.0. The number of hydrogen-bond acceptors (Lipinski definition) is 7. The standard InChI is InChI=1S/C64H53N7/c1-40-55-51(41-28-32-47(33-29-41)61-68-57(43-20-12-8-13-21-43)66-58(69-61)44-22-14-9-15-23-44)36-49(63(2,3)4)38-53(55)65-54-39-50(64(5,6)7)37-52(56(40)54)42-30-34-48(35-31-42)62-70-59(45-24-16-10-17-25-45)67-60(71-62)46-26-18-11-19-27-46/h8-39H,1-7H3. The molecule has 7 nitrogen and oxygen atoms in total. The SMILES string of the molecule is Cc1c2c(-c3ccc(-c4nc(-c5ccccc5)nc(-c5ccccc5)n4)cc3)cc(C(C)(C)C)cc2nc2cc(C(C)(C)C)cc(-c3ccc(-c4nc(-c5ccccc5)nc(-c5ccccc5)n4)cc3)c12. The Labute approximate surface area is 415 Å². The van der Waals surface area contributed by atoms with E-state index < -0.39 is 0 Å². The summed E-state index contributed by atoms with van der Waals surface area (Å²) in [4.78, 5) is 35.5. The van der Waals surface area contributed by atoms with E-state index in [9.17, 15) is 0 Å². The van der Waals surface area contributed by atoms with Crippen molar-refractivity contribution in [2.75, 3.05) is 0 Å². The largest absolute Gasteiger partial charge is 0.248 e. The zero-order chi connectivity index (χ0) is 48.9. The molecule has 11 aromatic rings. The van der Waals surface area contributed by atoms with E-state index in [0.29, 0.717) is 34.9 Å². The van der Waals surface area contributed by atoms with Gasteiger partial charge in [0.15, 0.2) is 34.9 Å². The van der Waals surface area contributed by atoms with E-state index in [4.69, 9.17) is 34.9 Å². The van der Waals surface area contributed by atoms with Gasteiger partial charge in [-0.3, -0.25) is 0 Å². The second kappa shape index (κ2) is 18.1. The van der Waals surface area contributed by atoms with Crippen LogP contribution in [0, 0.1) is 6.92 Å². The van der Waals surface area contributed by atoms with Crippen molar-refractivity contribution in [2.45, 2.75) is 59.3 Å². The van der Waals surface area contributed by atoms with E-state index in [2.05, 4.69) is 121 Å². The first-order valence-electron chi connectivity index (χ1n) is 24.2. The Balaban J connectivity index is 1.05. The van der Waals surface area contributed by atoms with Crippen LogP contribution < -0.4 is 0 Å². The molecule has 0 unspecified atom stereocenters. The molecule has 344 valence electrons. The summed E-state index contributed by atoms with van der Waals surface area (Å²) < 4.78 is 0. The van der Waals surface area contributed by atoms with Crippen molar-refractivity contribution in [3.8, 4) is 90.6 Å². The number of fused-ring (bicyclic) bond motifs is 2. The van der Waals surface area contributed by atoms with Crippen molar-refractivity contribution >= 4 is 21.8 Å². The molecule has 0 saturated carbocycles. The minimum absolute atomic E-state index is 0.123. The highest BCUT2D eigenvalue weighted by atomic mass is 15.0. The molecule has 11 rings (SSSR count). The fourth-order valence-electron chi connectivity index (χ4n) is 9.27. The second-order valence-electron chi connectivity index (χ2n) is 20.3. The van der Waals surface area contributed by atoms with E-state index in [1.165, 1.54) is 16.7 Å². The quantitative estimate of drug-likeness (QED) is 0.140. The average molecular weight is 920 g/mol. The van der Waals surface area contributed by atoms with Crippen LogP contribution >= 0.6 is 0 Å². The van der Waals surface area contributed by atoms with Crippen molar-refractivity contribution in [3.05, 3.63) is 211 Å². The summed E-state index contributed by atoms with van der Waals surface area (Å²) >= 11 is 0. The third-order valence-corrected chi connectivity index (χ3v) is 13.3. The third-order valence-electron chi connectivity index (χ3n) is 13.3. The van der Waals surface area contributed by atoms with Gasteiger partial charge in [-0.15, -0.1) is 0 Å². The predicted molar refractivity (Wildman–Crippen MR) is 292 cm³/mol. The first-order valence-corrected chi connectivity index (χ1v) is 24.2. The van der Waals surface area contributed by atoms with E-state index in [1.54, 1.807) is 0 Å². The van der Waals surface area contributed by atoms with Crippen LogP contribution in [-0.4, -0.2) is 34.9 Å². The van der Waals surface area contributed by atoms with Crippen LogP contribution in [0.5, 0.6) is 0 Å². The number of benzene rings is 8. The van der Waals surface area contributed by atoms with E-state index in [-0.39, 0.29) is 10.8 Å². The lowest BCUT2D eigenvalue weighted by Crippen LogP contribution is -2.12. The zero-order valence-corrected chi connectivity index (χ0v) is 41.1. The van der Waals surface area contributed by atoms with Crippen LogP contribution in [0.15, 0.2) is 194 Å². The molecule has 0 N–H and O–H groups in total. The number of rotatable bonds is 8. The fraction of sp³-hybridized carbons (Fsp3) is 0.141. The zero-order valence-electron chi connectivity index (χ0n) is 41.1. The molecule has 0 spiro atoms. The molecule has 0 bridgehead atoms. The number of aryl methyl sites for hydroxylation is 1. The van der Waals surface area contributed by atoms with Crippen LogP contribution in [0.25, 0.3) is 112 Å². The monoisotopic (exact) mass is 919 g/mol.